The Morgan fingerprint density at radius 2 is 1.41 bits per heavy atom. The molecule has 2 nitrogen and oxygen atoms in total. The molecule has 1 aromatic heterocycles. The first-order valence-corrected chi connectivity index (χ1v) is 9.36. The maximum absolute atomic E-state index is 2.40. The smallest absolute Gasteiger partial charge is 0.244 e. The van der Waals surface area contributed by atoms with Gasteiger partial charge in [-0.15, -0.1) is 0 Å². The summed E-state index contributed by atoms with van der Waals surface area (Å²) in [7, 11) is 0. The van der Waals surface area contributed by atoms with E-state index in [4.69, 9.17) is 0 Å². The molecular formula is C24H25BrN2. The van der Waals surface area contributed by atoms with Gasteiger partial charge in [0.2, 0.25) is 6.33 Å². The monoisotopic (exact) mass is 420 g/mol. The van der Waals surface area contributed by atoms with E-state index in [1.807, 2.05) is 0 Å². The lowest BCUT2D eigenvalue weighted by Gasteiger charge is -1.99. The average Bonchev–Trinajstić information content (AvgIpc) is 3.03. The van der Waals surface area contributed by atoms with Crippen molar-refractivity contribution >= 4 is 11.0 Å². The van der Waals surface area contributed by atoms with Gasteiger partial charge in [0.15, 0.2) is 11.0 Å². The van der Waals surface area contributed by atoms with Gasteiger partial charge in [-0.2, -0.15) is 0 Å². The van der Waals surface area contributed by atoms with Gasteiger partial charge in [0.25, 0.3) is 0 Å². The first-order chi connectivity index (χ1) is 12.8. The molecule has 0 unspecified atom stereocenters. The summed E-state index contributed by atoms with van der Waals surface area (Å²) in [6, 6.07) is 28.2. The zero-order chi connectivity index (χ0) is 17.8. The fraction of sp³-hybridized carbons (Fsp3) is 0.208. The number of fused-ring (bicyclic) bond motifs is 1. The van der Waals surface area contributed by atoms with Crippen LogP contribution in [0.2, 0.25) is 0 Å². The molecule has 0 aliphatic carbocycles. The lowest BCUT2D eigenvalue weighted by molar-refractivity contribution is -0.671. The van der Waals surface area contributed by atoms with E-state index in [1.54, 1.807) is 0 Å². The highest BCUT2D eigenvalue weighted by Crippen LogP contribution is 2.15. The standard InChI is InChI=1S/C24H25N2.BrH/c1-20-12-13-23-24(18-20)26(17-15-22-10-6-3-7-11-22)19-25(23)16-14-21-8-4-2-5-9-21;/h2-13,18-19H,14-17H2,1H3;1H/q+1;/p-1. The Morgan fingerprint density at radius 1 is 0.778 bits per heavy atom. The van der Waals surface area contributed by atoms with Crippen molar-refractivity contribution in [3.05, 3.63) is 102 Å². The molecule has 0 aliphatic heterocycles. The zero-order valence-corrected chi connectivity index (χ0v) is 17.3. The molecular weight excluding hydrogens is 396 g/mol. The number of nitrogens with zero attached hydrogens (tertiary/aromatic N) is 2. The lowest BCUT2D eigenvalue weighted by atomic mass is 10.1. The van der Waals surface area contributed by atoms with Gasteiger partial charge in [0, 0.05) is 12.8 Å². The fourth-order valence-electron chi connectivity index (χ4n) is 3.54. The molecule has 0 atom stereocenters. The van der Waals surface area contributed by atoms with E-state index in [2.05, 4.69) is 101 Å². The molecule has 4 rings (SSSR count). The second kappa shape index (κ2) is 9.01. The minimum Gasteiger partial charge on any atom is -1.00 e. The molecule has 0 saturated heterocycles. The summed E-state index contributed by atoms with van der Waals surface area (Å²) in [5.74, 6) is 0. The van der Waals surface area contributed by atoms with Gasteiger partial charge in [0.1, 0.15) is 0 Å². The molecule has 0 fully saturated rings. The molecule has 0 spiro atoms. The average molecular weight is 421 g/mol. The molecule has 0 radical (unpaired) electrons. The van der Waals surface area contributed by atoms with Gasteiger partial charge in [-0.25, -0.2) is 9.13 Å². The van der Waals surface area contributed by atoms with Crippen LogP contribution in [0.4, 0.5) is 0 Å². The predicted molar refractivity (Wildman–Crippen MR) is 107 cm³/mol. The summed E-state index contributed by atoms with van der Waals surface area (Å²) < 4.78 is 4.80. The Kier molecular flexibility index (Phi) is 6.46. The van der Waals surface area contributed by atoms with Crippen molar-refractivity contribution in [3.63, 3.8) is 0 Å². The third-order valence-corrected chi connectivity index (χ3v) is 5.00. The van der Waals surface area contributed by atoms with Crippen molar-refractivity contribution in [3.8, 4) is 0 Å². The minimum atomic E-state index is 0. The van der Waals surface area contributed by atoms with Gasteiger partial charge < -0.3 is 17.0 Å². The summed E-state index contributed by atoms with van der Waals surface area (Å²) in [5.41, 5.74) is 6.73. The van der Waals surface area contributed by atoms with Crippen molar-refractivity contribution in [2.75, 3.05) is 0 Å². The van der Waals surface area contributed by atoms with E-state index in [9.17, 15) is 0 Å². The van der Waals surface area contributed by atoms with Crippen LogP contribution in [0, 0.1) is 6.92 Å². The molecule has 0 saturated carbocycles. The van der Waals surface area contributed by atoms with Crippen molar-refractivity contribution < 1.29 is 21.5 Å². The zero-order valence-electron chi connectivity index (χ0n) is 15.7. The van der Waals surface area contributed by atoms with Crippen molar-refractivity contribution in [2.24, 2.45) is 0 Å². The number of rotatable bonds is 6. The number of imidazole rings is 1. The molecule has 0 bridgehead atoms. The Labute approximate surface area is 171 Å². The molecule has 0 amide bonds. The van der Waals surface area contributed by atoms with E-state index < -0.39 is 0 Å². The molecule has 138 valence electrons. The number of benzene rings is 3. The van der Waals surface area contributed by atoms with Crippen LogP contribution >= 0.6 is 0 Å². The van der Waals surface area contributed by atoms with E-state index >= 15 is 0 Å². The summed E-state index contributed by atoms with van der Waals surface area (Å²) in [6.07, 6.45) is 4.39. The van der Waals surface area contributed by atoms with E-state index in [0.29, 0.717) is 0 Å². The van der Waals surface area contributed by atoms with Gasteiger partial charge in [-0.05, 0) is 35.7 Å². The molecule has 27 heavy (non-hydrogen) atoms. The van der Waals surface area contributed by atoms with Crippen molar-refractivity contribution in [1.82, 2.24) is 4.57 Å². The molecule has 0 aliphatic rings. The van der Waals surface area contributed by atoms with Crippen LogP contribution in [0.25, 0.3) is 11.0 Å². The Balaban J connectivity index is 0.00000210. The summed E-state index contributed by atoms with van der Waals surface area (Å²) in [6.45, 7) is 4.17. The highest BCUT2D eigenvalue weighted by Gasteiger charge is 2.15. The SMILES string of the molecule is Cc1ccc2c(c1)n(CCc1ccccc1)c[n+]2CCc1ccccc1.[Br-]. The predicted octanol–water partition coefficient (Wildman–Crippen LogP) is 1.73. The van der Waals surface area contributed by atoms with Crippen molar-refractivity contribution in [1.29, 1.82) is 0 Å². The van der Waals surface area contributed by atoms with Gasteiger partial charge in [-0.1, -0.05) is 66.7 Å². The molecule has 3 aromatic carbocycles. The van der Waals surface area contributed by atoms with Crippen LogP contribution in [0.5, 0.6) is 0 Å². The Morgan fingerprint density at radius 3 is 2.07 bits per heavy atom. The summed E-state index contributed by atoms with van der Waals surface area (Å²) in [5, 5.41) is 0. The van der Waals surface area contributed by atoms with Crippen molar-refractivity contribution in [2.45, 2.75) is 32.9 Å². The van der Waals surface area contributed by atoms with Crippen LogP contribution in [-0.2, 0) is 25.9 Å². The first kappa shape index (κ1) is 19.4. The number of aromatic nitrogens is 2. The Hall–Kier alpha value is -2.39. The third-order valence-electron chi connectivity index (χ3n) is 5.00. The number of hydrogen-bond acceptors (Lipinski definition) is 0. The van der Waals surface area contributed by atoms with E-state index in [1.165, 1.54) is 27.7 Å². The third kappa shape index (κ3) is 4.67. The highest BCUT2D eigenvalue weighted by atomic mass is 79.9. The molecule has 4 aromatic rings. The normalized spacial score (nSPS) is 10.7. The Bertz CT molecular complexity index is 991. The first-order valence-electron chi connectivity index (χ1n) is 9.36. The van der Waals surface area contributed by atoms with Crippen LogP contribution in [0.1, 0.15) is 16.7 Å². The highest BCUT2D eigenvalue weighted by molar-refractivity contribution is 5.72. The quantitative estimate of drug-likeness (QED) is 0.420. The second-order valence-electron chi connectivity index (χ2n) is 6.97. The topological polar surface area (TPSA) is 8.81 Å². The largest absolute Gasteiger partial charge is 1.00 e. The van der Waals surface area contributed by atoms with Gasteiger partial charge in [0.05, 0.1) is 13.1 Å². The maximum atomic E-state index is 2.40. The van der Waals surface area contributed by atoms with Gasteiger partial charge >= 0.3 is 0 Å². The number of halogens is 1. The molecule has 3 heteroatoms. The van der Waals surface area contributed by atoms with Crippen LogP contribution in [0.3, 0.4) is 0 Å². The molecule has 0 N–H and O–H groups in total. The fourth-order valence-corrected chi connectivity index (χ4v) is 3.54. The summed E-state index contributed by atoms with van der Waals surface area (Å²) in [4.78, 5) is 0. The summed E-state index contributed by atoms with van der Waals surface area (Å²) >= 11 is 0. The van der Waals surface area contributed by atoms with Gasteiger partial charge in [-0.3, -0.25) is 0 Å². The lowest BCUT2D eigenvalue weighted by Crippen LogP contribution is -3.00. The minimum absolute atomic E-state index is 0. The van der Waals surface area contributed by atoms with E-state index in [-0.39, 0.29) is 17.0 Å². The number of hydrogen-bond donors (Lipinski definition) is 0. The second-order valence-corrected chi connectivity index (χ2v) is 6.97. The molecule has 1 heterocycles. The van der Waals surface area contributed by atoms with Crippen LogP contribution in [0.15, 0.2) is 85.2 Å². The van der Waals surface area contributed by atoms with Crippen LogP contribution < -0.4 is 21.5 Å². The van der Waals surface area contributed by atoms with E-state index in [0.717, 1.165) is 25.9 Å². The maximum Gasteiger partial charge on any atom is 0.244 e. The number of aryl methyl sites for hydroxylation is 5. The van der Waals surface area contributed by atoms with Crippen LogP contribution in [-0.4, -0.2) is 4.57 Å².